The molecular formula is C15H24N2O2. The molecule has 4 nitrogen and oxygen atoms in total. The van der Waals surface area contributed by atoms with Crippen molar-refractivity contribution in [3.05, 3.63) is 23.8 Å². The predicted molar refractivity (Wildman–Crippen MR) is 79.5 cm³/mol. The van der Waals surface area contributed by atoms with Crippen molar-refractivity contribution in [2.75, 3.05) is 31.3 Å². The molecule has 19 heavy (non-hydrogen) atoms. The van der Waals surface area contributed by atoms with E-state index in [2.05, 4.69) is 13.8 Å². The number of nitrogens with zero attached hydrogens (tertiary/aromatic N) is 1. The molecule has 0 radical (unpaired) electrons. The molecule has 1 aromatic rings. The number of rotatable bonds is 6. The summed E-state index contributed by atoms with van der Waals surface area (Å²) in [5, 5.41) is 0. The number of ether oxygens (including phenoxy) is 1. The van der Waals surface area contributed by atoms with E-state index >= 15 is 0 Å². The van der Waals surface area contributed by atoms with Gasteiger partial charge in [-0.1, -0.05) is 26.7 Å². The molecule has 0 spiro atoms. The molecule has 0 amide bonds. The Bertz CT molecular complexity index is 426. The minimum atomic E-state index is -0.302. The summed E-state index contributed by atoms with van der Waals surface area (Å²) in [7, 11) is 3.83. The fraction of sp³-hybridized carbons (Fsp3) is 0.533. The van der Waals surface area contributed by atoms with Gasteiger partial charge >= 0.3 is 5.97 Å². The van der Waals surface area contributed by atoms with Crippen molar-refractivity contribution in [3.8, 4) is 0 Å². The van der Waals surface area contributed by atoms with Crippen molar-refractivity contribution < 1.29 is 9.53 Å². The topological polar surface area (TPSA) is 55.6 Å². The van der Waals surface area contributed by atoms with Gasteiger partial charge in [0.2, 0.25) is 0 Å². The highest BCUT2D eigenvalue weighted by atomic mass is 16.5. The van der Waals surface area contributed by atoms with Crippen LogP contribution in [0.5, 0.6) is 0 Å². The first-order chi connectivity index (χ1) is 8.99. The molecular weight excluding hydrogens is 240 g/mol. The number of nitrogens with two attached hydrogens (primary N) is 1. The molecule has 106 valence electrons. The van der Waals surface area contributed by atoms with Gasteiger partial charge in [0.15, 0.2) is 0 Å². The van der Waals surface area contributed by atoms with Crippen LogP contribution in [-0.4, -0.2) is 26.7 Å². The number of esters is 1. The number of hydrogen-bond acceptors (Lipinski definition) is 4. The molecule has 0 heterocycles. The second-order valence-electron chi connectivity index (χ2n) is 4.95. The van der Waals surface area contributed by atoms with E-state index in [1.54, 1.807) is 12.1 Å². The molecule has 0 aromatic heterocycles. The van der Waals surface area contributed by atoms with Crippen LogP contribution in [0.2, 0.25) is 0 Å². The molecule has 0 saturated heterocycles. The van der Waals surface area contributed by atoms with Crippen molar-refractivity contribution in [2.24, 2.45) is 5.92 Å². The number of carbonyl (C=O) groups excluding carboxylic acids is 1. The first kappa shape index (κ1) is 15.3. The van der Waals surface area contributed by atoms with E-state index in [1.807, 2.05) is 25.1 Å². The molecule has 4 heteroatoms. The average Bonchev–Trinajstić information content (AvgIpc) is 2.39. The van der Waals surface area contributed by atoms with E-state index in [1.165, 1.54) is 0 Å². The zero-order valence-electron chi connectivity index (χ0n) is 12.3. The summed E-state index contributed by atoms with van der Waals surface area (Å²) in [5.74, 6) is 0.131. The standard InChI is InChI=1S/C15H24N2O2/c1-5-11(6-2)10-19-15(18)12-7-8-14(17(3)4)13(16)9-12/h7-9,11H,5-6,10,16H2,1-4H3. The third-order valence-electron chi connectivity index (χ3n) is 3.35. The van der Waals surface area contributed by atoms with Gasteiger partial charge in [0.25, 0.3) is 0 Å². The molecule has 0 bridgehead atoms. The monoisotopic (exact) mass is 264 g/mol. The Morgan fingerprint density at radius 1 is 1.32 bits per heavy atom. The van der Waals surface area contributed by atoms with Crippen molar-refractivity contribution in [1.29, 1.82) is 0 Å². The van der Waals surface area contributed by atoms with Gasteiger partial charge in [-0.25, -0.2) is 4.79 Å². The smallest absolute Gasteiger partial charge is 0.338 e. The predicted octanol–water partition coefficient (Wildman–Crippen LogP) is 2.93. The lowest BCUT2D eigenvalue weighted by atomic mass is 10.1. The summed E-state index contributed by atoms with van der Waals surface area (Å²) in [4.78, 5) is 13.8. The van der Waals surface area contributed by atoms with Crippen LogP contribution in [0.15, 0.2) is 18.2 Å². The molecule has 0 unspecified atom stereocenters. The first-order valence-electron chi connectivity index (χ1n) is 6.73. The molecule has 0 fully saturated rings. The van der Waals surface area contributed by atoms with Gasteiger partial charge in [-0.05, 0) is 24.1 Å². The number of anilines is 2. The average molecular weight is 264 g/mol. The third kappa shape index (κ3) is 4.16. The van der Waals surface area contributed by atoms with Crippen molar-refractivity contribution in [2.45, 2.75) is 26.7 Å². The second-order valence-corrected chi connectivity index (χ2v) is 4.95. The summed E-state index contributed by atoms with van der Waals surface area (Å²) in [5.41, 5.74) is 7.91. The van der Waals surface area contributed by atoms with Crippen LogP contribution in [0.3, 0.4) is 0 Å². The van der Waals surface area contributed by atoms with E-state index in [0.717, 1.165) is 18.5 Å². The van der Waals surface area contributed by atoms with E-state index in [-0.39, 0.29) is 5.97 Å². The van der Waals surface area contributed by atoms with E-state index in [0.29, 0.717) is 23.8 Å². The van der Waals surface area contributed by atoms with Gasteiger partial charge in [0.05, 0.1) is 23.5 Å². The van der Waals surface area contributed by atoms with Gasteiger partial charge in [-0.3, -0.25) is 0 Å². The number of hydrogen-bond donors (Lipinski definition) is 1. The number of benzene rings is 1. The van der Waals surface area contributed by atoms with Crippen LogP contribution in [-0.2, 0) is 4.74 Å². The lowest BCUT2D eigenvalue weighted by Crippen LogP contribution is -2.15. The Morgan fingerprint density at radius 3 is 2.42 bits per heavy atom. The first-order valence-corrected chi connectivity index (χ1v) is 6.73. The highest BCUT2D eigenvalue weighted by molar-refractivity contribution is 5.92. The molecule has 0 atom stereocenters. The molecule has 0 aliphatic heterocycles. The van der Waals surface area contributed by atoms with Crippen LogP contribution < -0.4 is 10.6 Å². The maximum atomic E-state index is 11.9. The summed E-state index contributed by atoms with van der Waals surface area (Å²) >= 11 is 0. The molecule has 0 saturated carbocycles. The normalized spacial score (nSPS) is 10.6. The van der Waals surface area contributed by atoms with E-state index in [9.17, 15) is 4.79 Å². The van der Waals surface area contributed by atoms with Gasteiger partial charge < -0.3 is 15.4 Å². The van der Waals surface area contributed by atoms with Gasteiger partial charge in [0.1, 0.15) is 0 Å². The Kier molecular flexibility index (Phi) is 5.67. The van der Waals surface area contributed by atoms with Crippen LogP contribution in [0.25, 0.3) is 0 Å². The Balaban J connectivity index is 2.70. The Hall–Kier alpha value is -1.71. The lowest BCUT2D eigenvalue weighted by Gasteiger charge is -2.16. The fourth-order valence-corrected chi connectivity index (χ4v) is 1.89. The molecule has 0 aliphatic carbocycles. The third-order valence-corrected chi connectivity index (χ3v) is 3.35. The Labute approximate surface area is 115 Å². The lowest BCUT2D eigenvalue weighted by molar-refractivity contribution is 0.0433. The van der Waals surface area contributed by atoms with Crippen LogP contribution in [0.4, 0.5) is 11.4 Å². The minimum Gasteiger partial charge on any atom is -0.462 e. The van der Waals surface area contributed by atoms with Crippen LogP contribution in [0.1, 0.15) is 37.0 Å². The van der Waals surface area contributed by atoms with Crippen molar-refractivity contribution >= 4 is 17.3 Å². The van der Waals surface area contributed by atoms with E-state index < -0.39 is 0 Å². The molecule has 1 rings (SSSR count). The van der Waals surface area contributed by atoms with Gasteiger partial charge in [-0.2, -0.15) is 0 Å². The summed E-state index contributed by atoms with van der Waals surface area (Å²) in [6.07, 6.45) is 2.04. The van der Waals surface area contributed by atoms with E-state index in [4.69, 9.17) is 10.5 Å². The van der Waals surface area contributed by atoms with Crippen LogP contribution >= 0.6 is 0 Å². The maximum Gasteiger partial charge on any atom is 0.338 e. The summed E-state index contributed by atoms with van der Waals surface area (Å²) < 4.78 is 5.32. The highest BCUT2D eigenvalue weighted by Gasteiger charge is 2.12. The fourth-order valence-electron chi connectivity index (χ4n) is 1.89. The quantitative estimate of drug-likeness (QED) is 0.634. The minimum absolute atomic E-state index is 0.302. The maximum absolute atomic E-state index is 11.9. The second kappa shape index (κ2) is 7.02. The SMILES string of the molecule is CCC(CC)COC(=O)c1ccc(N(C)C)c(N)c1. The number of carbonyl (C=O) groups is 1. The number of nitrogen functional groups attached to an aromatic ring is 1. The largest absolute Gasteiger partial charge is 0.462 e. The zero-order valence-corrected chi connectivity index (χ0v) is 12.3. The Morgan fingerprint density at radius 2 is 1.95 bits per heavy atom. The highest BCUT2D eigenvalue weighted by Crippen LogP contribution is 2.22. The molecule has 1 aromatic carbocycles. The molecule has 0 aliphatic rings. The molecule has 2 N–H and O–H groups in total. The summed E-state index contributed by atoms with van der Waals surface area (Å²) in [6.45, 7) is 4.68. The van der Waals surface area contributed by atoms with Gasteiger partial charge in [0, 0.05) is 14.1 Å². The summed E-state index contributed by atoms with van der Waals surface area (Å²) in [6, 6.07) is 5.26. The zero-order chi connectivity index (χ0) is 14.4. The van der Waals surface area contributed by atoms with Crippen molar-refractivity contribution in [3.63, 3.8) is 0 Å². The van der Waals surface area contributed by atoms with Gasteiger partial charge in [-0.15, -0.1) is 0 Å². The van der Waals surface area contributed by atoms with Crippen molar-refractivity contribution in [1.82, 2.24) is 0 Å². The van der Waals surface area contributed by atoms with Crippen LogP contribution in [0, 0.1) is 5.92 Å².